The van der Waals surface area contributed by atoms with Crippen molar-refractivity contribution in [3.8, 4) is 0 Å². The Morgan fingerprint density at radius 1 is 1.15 bits per heavy atom. The van der Waals surface area contributed by atoms with Crippen molar-refractivity contribution >= 4 is 17.6 Å². The average Bonchev–Trinajstić information content (AvgIpc) is 2.48. The fourth-order valence-corrected chi connectivity index (χ4v) is 2.79. The SMILES string of the molecule is CCc1ccc(NC(=O)[C@@H]2CCCC[C@H]2C(=O)[O-])cc1. The van der Waals surface area contributed by atoms with Gasteiger partial charge in [0.1, 0.15) is 0 Å². The van der Waals surface area contributed by atoms with E-state index in [4.69, 9.17) is 0 Å². The summed E-state index contributed by atoms with van der Waals surface area (Å²) < 4.78 is 0. The van der Waals surface area contributed by atoms with Crippen molar-refractivity contribution in [3.63, 3.8) is 0 Å². The zero-order valence-corrected chi connectivity index (χ0v) is 11.7. The molecule has 4 heteroatoms. The number of aliphatic carboxylic acids is 1. The molecule has 1 aromatic carbocycles. The van der Waals surface area contributed by atoms with Crippen LogP contribution in [0.15, 0.2) is 24.3 Å². The molecule has 0 aromatic heterocycles. The number of carboxylic acids is 1. The van der Waals surface area contributed by atoms with Crippen LogP contribution in [0.4, 0.5) is 5.69 Å². The van der Waals surface area contributed by atoms with Gasteiger partial charge >= 0.3 is 0 Å². The van der Waals surface area contributed by atoms with Crippen LogP contribution in [0.25, 0.3) is 0 Å². The first-order valence-electron chi connectivity index (χ1n) is 7.22. The highest BCUT2D eigenvalue weighted by Crippen LogP contribution is 2.30. The zero-order chi connectivity index (χ0) is 14.5. The molecule has 0 spiro atoms. The van der Waals surface area contributed by atoms with E-state index in [1.54, 1.807) is 0 Å². The number of nitrogens with one attached hydrogen (secondary N) is 1. The summed E-state index contributed by atoms with van der Waals surface area (Å²) in [5.74, 6) is -2.44. The molecule has 4 nitrogen and oxygen atoms in total. The first-order valence-corrected chi connectivity index (χ1v) is 7.22. The van der Waals surface area contributed by atoms with Crippen molar-refractivity contribution < 1.29 is 14.7 Å². The van der Waals surface area contributed by atoms with Gasteiger partial charge in [0.15, 0.2) is 0 Å². The van der Waals surface area contributed by atoms with Crippen LogP contribution in [0.2, 0.25) is 0 Å². The number of hydrogen-bond donors (Lipinski definition) is 1. The topological polar surface area (TPSA) is 69.2 Å². The second-order valence-corrected chi connectivity index (χ2v) is 5.36. The van der Waals surface area contributed by atoms with Gasteiger partial charge in [-0.2, -0.15) is 0 Å². The van der Waals surface area contributed by atoms with Crippen LogP contribution in [-0.2, 0) is 16.0 Å². The summed E-state index contributed by atoms with van der Waals surface area (Å²) in [4.78, 5) is 23.3. The lowest BCUT2D eigenvalue weighted by molar-refractivity contribution is -0.313. The number of carbonyl (C=O) groups is 2. The molecule has 0 aliphatic heterocycles. The molecule has 0 radical (unpaired) electrons. The van der Waals surface area contributed by atoms with Crippen molar-refractivity contribution in [1.82, 2.24) is 0 Å². The van der Waals surface area contributed by atoms with E-state index in [0.29, 0.717) is 12.8 Å². The van der Waals surface area contributed by atoms with Gasteiger partial charge < -0.3 is 15.2 Å². The van der Waals surface area contributed by atoms with E-state index in [1.165, 1.54) is 5.56 Å². The highest BCUT2D eigenvalue weighted by Gasteiger charge is 2.31. The van der Waals surface area contributed by atoms with E-state index in [0.717, 1.165) is 24.9 Å². The lowest BCUT2D eigenvalue weighted by atomic mass is 9.78. The van der Waals surface area contributed by atoms with E-state index in [1.807, 2.05) is 24.3 Å². The molecule has 1 fully saturated rings. The second-order valence-electron chi connectivity index (χ2n) is 5.36. The highest BCUT2D eigenvalue weighted by molar-refractivity contribution is 5.95. The van der Waals surface area contributed by atoms with E-state index in [9.17, 15) is 14.7 Å². The monoisotopic (exact) mass is 274 g/mol. The third-order valence-corrected chi connectivity index (χ3v) is 4.04. The third-order valence-electron chi connectivity index (χ3n) is 4.04. The first-order chi connectivity index (χ1) is 9.61. The number of hydrogen-bond acceptors (Lipinski definition) is 3. The van der Waals surface area contributed by atoms with Crippen LogP contribution in [0.3, 0.4) is 0 Å². The molecular formula is C16H20NO3-. The Hall–Kier alpha value is -1.84. The Bertz CT molecular complexity index is 481. The molecule has 2 atom stereocenters. The lowest BCUT2D eigenvalue weighted by Crippen LogP contribution is -2.42. The maximum Gasteiger partial charge on any atom is 0.228 e. The molecule has 1 N–H and O–H groups in total. The fraction of sp³-hybridized carbons (Fsp3) is 0.500. The summed E-state index contributed by atoms with van der Waals surface area (Å²) in [5.41, 5.74) is 1.92. The molecule has 0 unspecified atom stereocenters. The van der Waals surface area contributed by atoms with E-state index >= 15 is 0 Å². The molecule has 0 saturated heterocycles. The average molecular weight is 274 g/mol. The number of carbonyl (C=O) groups excluding carboxylic acids is 2. The van der Waals surface area contributed by atoms with Gasteiger partial charge in [-0.05, 0) is 37.0 Å². The maximum atomic E-state index is 12.2. The minimum absolute atomic E-state index is 0.205. The lowest BCUT2D eigenvalue weighted by Gasteiger charge is -2.31. The molecule has 20 heavy (non-hydrogen) atoms. The standard InChI is InChI=1S/C16H21NO3/c1-2-11-7-9-12(10-8-11)17-15(18)13-5-3-4-6-14(13)16(19)20/h7-10,13-14H,2-6H2,1H3,(H,17,18)(H,19,20)/p-1/t13-,14-/m1/s1. The molecular weight excluding hydrogens is 254 g/mol. The summed E-state index contributed by atoms with van der Waals surface area (Å²) in [6.45, 7) is 2.07. The Morgan fingerprint density at radius 3 is 2.30 bits per heavy atom. The van der Waals surface area contributed by atoms with Crippen molar-refractivity contribution in [3.05, 3.63) is 29.8 Å². The molecule has 1 aliphatic rings. The van der Waals surface area contributed by atoms with Gasteiger partial charge in [0.25, 0.3) is 0 Å². The Labute approximate surface area is 119 Å². The van der Waals surface area contributed by atoms with Gasteiger partial charge in [0.05, 0.1) is 0 Å². The number of benzene rings is 1. The van der Waals surface area contributed by atoms with Crippen molar-refractivity contribution in [1.29, 1.82) is 0 Å². The number of carboxylic acid groups (broad SMARTS) is 1. The van der Waals surface area contributed by atoms with Gasteiger partial charge in [0.2, 0.25) is 5.91 Å². The van der Waals surface area contributed by atoms with Crippen LogP contribution in [0.1, 0.15) is 38.2 Å². The molecule has 0 heterocycles. The predicted molar refractivity (Wildman–Crippen MR) is 74.9 cm³/mol. The van der Waals surface area contributed by atoms with Crippen molar-refractivity contribution in [2.45, 2.75) is 39.0 Å². The van der Waals surface area contributed by atoms with Crippen LogP contribution >= 0.6 is 0 Å². The van der Waals surface area contributed by atoms with Crippen LogP contribution in [0, 0.1) is 11.8 Å². The Kier molecular flexibility index (Phi) is 4.77. The number of rotatable bonds is 4. The summed E-state index contributed by atoms with van der Waals surface area (Å²) in [6.07, 6.45) is 3.86. The third kappa shape index (κ3) is 3.38. The molecule has 1 aliphatic carbocycles. The van der Waals surface area contributed by atoms with E-state index in [2.05, 4.69) is 12.2 Å². The fourth-order valence-electron chi connectivity index (χ4n) is 2.79. The van der Waals surface area contributed by atoms with Crippen LogP contribution in [-0.4, -0.2) is 11.9 Å². The molecule has 1 aromatic rings. The maximum absolute atomic E-state index is 12.2. The molecule has 1 amide bonds. The smallest absolute Gasteiger partial charge is 0.228 e. The van der Waals surface area contributed by atoms with Gasteiger partial charge in [-0.1, -0.05) is 31.9 Å². The van der Waals surface area contributed by atoms with Gasteiger partial charge in [-0.15, -0.1) is 0 Å². The van der Waals surface area contributed by atoms with Gasteiger partial charge in [0, 0.05) is 23.5 Å². The molecule has 108 valence electrons. The number of amides is 1. The number of anilines is 1. The zero-order valence-electron chi connectivity index (χ0n) is 11.7. The van der Waals surface area contributed by atoms with E-state index < -0.39 is 17.8 Å². The van der Waals surface area contributed by atoms with Gasteiger partial charge in [-0.25, -0.2) is 0 Å². The van der Waals surface area contributed by atoms with Gasteiger partial charge in [-0.3, -0.25) is 4.79 Å². The van der Waals surface area contributed by atoms with E-state index in [-0.39, 0.29) is 5.91 Å². The Morgan fingerprint density at radius 2 is 1.75 bits per heavy atom. The minimum atomic E-state index is -1.11. The molecule has 1 saturated carbocycles. The number of aryl methyl sites for hydroxylation is 1. The summed E-state index contributed by atoms with van der Waals surface area (Å²) in [7, 11) is 0. The summed E-state index contributed by atoms with van der Waals surface area (Å²) in [5, 5.41) is 13.9. The minimum Gasteiger partial charge on any atom is -0.550 e. The molecule has 0 bridgehead atoms. The largest absolute Gasteiger partial charge is 0.550 e. The second kappa shape index (κ2) is 6.55. The van der Waals surface area contributed by atoms with Crippen LogP contribution < -0.4 is 10.4 Å². The Balaban J connectivity index is 2.03. The highest BCUT2D eigenvalue weighted by atomic mass is 16.4. The van der Waals surface area contributed by atoms with Crippen LogP contribution in [0.5, 0.6) is 0 Å². The first kappa shape index (κ1) is 14.6. The quantitative estimate of drug-likeness (QED) is 0.909. The molecule has 2 rings (SSSR count). The normalized spacial score (nSPS) is 22.2. The van der Waals surface area contributed by atoms with Crippen molar-refractivity contribution in [2.75, 3.05) is 5.32 Å². The summed E-state index contributed by atoms with van der Waals surface area (Å²) in [6, 6.07) is 7.64. The predicted octanol–water partition coefficient (Wildman–Crippen LogP) is 1.74. The summed E-state index contributed by atoms with van der Waals surface area (Å²) >= 11 is 0. The van der Waals surface area contributed by atoms with Crippen molar-refractivity contribution in [2.24, 2.45) is 11.8 Å².